The zero-order chi connectivity index (χ0) is 18.8. The van der Waals surface area contributed by atoms with Gasteiger partial charge in [0.1, 0.15) is 6.61 Å². The Hall–Kier alpha value is -2.95. The van der Waals surface area contributed by atoms with E-state index in [0.717, 1.165) is 37.7 Å². The van der Waals surface area contributed by atoms with Crippen LogP contribution in [0.5, 0.6) is 0 Å². The molecule has 27 heavy (non-hydrogen) atoms. The van der Waals surface area contributed by atoms with E-state index in [2.05, 4.69) is 0 Å². The number of hydrogen-bond donors (Lipinski definition) is 0. The van der Waals surface area contributed by atoms with Crippen LogP contribution >= 0.6 is 0 Å². The van der Waals surface area contributed by atoms with Gasteiger partial charge in [0.15, 0.2) is 0 Å². The van der Waals surface area contributed by atoms with E-state index in [1.165, 1.54) is 11.0 Å². The highest BCUT2D eigenvalue weighted by molar-refractivity contribution is 6.22. The number of fused-ring (bicyclic) bond motifs is 1. The molecule has 2 aliphatic rings. The fourth-order valence-electron chi connectivity index (χ4n) is 3.86. The smallest absolute Gasteiger partial charge is 0.338 e. The van der Waals surface area contributed by atoms with Crippen LogP contribution in [0.3, 0.4) is 0 Å². The maximum atomic E-state index is 12.8. The highest BCUT2D eigenvalue weighted by Gasteiger charge is 2.40. The van der Waals surface area contributed by atoms with Crippen molar-refractivity contribution in [3.8, 4) is 0 Å². The molecule has 138 valence electrons. The van der Waals surface area contributed by atoms with E-state index in [4.69, 9.17) is 4.74 Å². The average molecular weight is 363 g/mol. The Morgan fingerprint density at radius 2 is 1.63 bits per heavy atom. The lowest BCUT2D eigenvalue weighted by molar-refractivity contribution is 0.0472. The molecule has 1 aliphatic carbocycles. The van der Waals surface area contributed by atoms with Crippen LogP contribution in [0.1, 0.15) is 68.7 Å². The third-order valence-electron chi connectivity index (χ3n) is 5.31. The summed E-state index contributed by atoms with van der Waals surface area (Å²) < 4.78 is 5.33. The number of benzene rings is 2. The summed E-state index contributed by atoms with van der Waals surface area (Å²) in [5.41, 5.74) is 1.86. The normalized spacial score (nSPS) is 17.1. The number of carbonyl (C=O) groups excluding carboxylic acids is 3. The van der Waals surface area contributed by atoms with Crippen LogP contribution in [0.15, 0.2) is 48.5 Å². The summed E-state index contributed by atoms with van der Waals surface area (Å²) in [7, 11) is 0. The Kier molecular flexibility index (Phi) is 4.75. The van der Waals surface area contributed by atoms with Crippen LogP contribution in [0.4, 0.5) is 0 Å². The van der Waals surface area contributed by atoms with Crippen LogP contribution in [-0.4, -0.2) is 28.7 Å². The lowest BCUT2D eigenvalue weighted by Gasteiger charge is -2.29. The molecule has 0 bridgehead atoms. The number of nitrogens with zero attached hydrogens (tertiary/aromatic N) is 1. The van der Waals surface area contributed by atoms with Gasteiger partial charge in [-0.3, -0.25) is 14.5 Å². The minimum Gasteiger partial charge on any atom is -0.457 e. The molecule has 2 amide bonds. The van der Waals surface area contributed by atoms with E-state index >= 15 is 0 Å². The van der Waals surface area contributed by atoms with Crippen molar-refractivity contribution in [1.29, 1.82) is 0 Å². The first-order valence-electron chi connectivity index (χ1n) is 9.38. The molecule has 1 fully saturated rings. The Labute approximate surface area is 157 Å². The molecule has 1 heterocycles. The van der Waals surface area contributed by atoms with Gasteiger partial charge < -0.3 is 4.74 Å². The summed E-state index contributed by atoms with van der Waals surface area (Å²) >= 11 is 0. The second kappa shape index (κ2) is 7.35. The lowest BCUT2D eigenvalue weighted by Crippen LogP contribution is -2.40. The monoisotopic (exact) mass is 363 g/mol. The van der Waals surface area contributed by atoms with E-state index in [-0.39, 0.29) is 30.0 Å². The highest BCUT2D eigenvalue weighted by Crippen LogP contribution is 2.31. The Balaban J connectivity index is 1.51. The topological polar surface area (TPSA) is 63.7 Å². The van der Waals surface area contributed by atoms with Gasteiger partial charge in [0.25, 0.3) is 11.8 Å². The van der Waals surface area contributed by atoms with Crippen LogP contribution < -0.4 is 0 Å². The first-order chi connectivity index (χ1) is 13.1. The van der Waals surface area contributed by atoms with Crippen LogP contribution in [-0.2, 0) is 11.3 Å². The molecule has 2 aromatic rings. The van der Waals surface area contributed by atoms with E-state index < -0.39 is 5.97 Å². The molecule has 1 saturated carbocycles. The van der Waals surface area contributed by atoms with Gasteiger partial charge >= 0.3 is 5.97 Å². The molecular weight excluding hydrogens is 342 g/mol. The lowest BCUT2D eigenvalue weighted by atomic mass is 9.94. The zero-order valence-electron chi connectivity index (χ0n) is 15.0. The molecule has 1 aliphatic heterocycles. The quantitative estimate of drug-likeness (QED) is 0.609. The molecule has 5 heteroatoms. The summed E-state index contributed by atoms with van der Waals surface area (Å²) in [4.78, 5) is 39.2. The fraction of sp³-hybridized carbons (Fsp3) is 0.318. The first-order valence-corrected chi connectivity index (χ1v) is 9.38. The van der Waals surface area contributed by atoms with Gasteiger partial charge in [0.05, 0.1) is 16.7 Å². The van der Waals surface area contributed by atoms with Crippen molar-refractivity contribution in [1.82, 2.24) is 4.90 Å². The molecule has 4 rings (SSSR count). The molecular formula is C22H21NO4. The molecule has 0 N–H and O–H groups in total. The van der Waals surface area contributed by atoms with E-state index in [1.807, 2.05) is 30.3 Å². The number of esters is 1. The van der Waals surface area contributed by atoms with E-state index in [1.54, 1.807) is 12.1 Å². The maximum absolute atomic E-state index is 12.8. The predicted octanol–water partition coefficient (Wildman–Crippen LogP) is 3.97. The molecule has 0 spiro atoms. The van der Waals surface area contributed by atoms with Crippen molar-refractivity contribution in [3.63, 3.8) is 0 Å². The summed E-state index contributed by atoms with van der Waals surface area (Å²) in [5.74, 6) is -1.04. The van der Waals surface area contributed by atoms with E-state index in [9.17, 15) is 14.4 Å². The van der Waals surface area contributed by atoms with Gasteiger partial charge in [-0.2, -0.15) is 0 Å². The van der Waals surface area contributed by atoms with Gasteiger partial charge in [0, 0.05) is 6.04 Å². The minimum absolute atomic E-state index is 0.0281. The van der Waals surface area contributed by atoms with Gasteiger partial charge in [-0.05, 0) is 36.6 Å². The number of carbonyl (C=O) groups is 3. The van der Waals surface area contributed by atoms with Crippen LogP contribution in [0.2, 0.25) is 0 Å². The third-order valence-corrected chi connectivity index (χ3v) is 5.31. The molecule has 0 aromatic heterocycles. The van der Waals surface area contributed by atoms with Gasteiger partial charge in [-0.25, -0.2) is 4.79 Å². The highest BCUT2D eigenvalue weighted by atomic mass is 16.5. The molecule has 0 saturated heterocycles. The minimum atomic E-state index is -0.502. The SMILES string of the molecule is O=C(OCc1ccccc1)c1ccc2c(c1)C(=O)N(C1CCCCC1)C2=O. The van der Waals surface area contributed by atoms with Crippen molar-refractivity contribution in [2.75, 3.05) is 0 Å². The average Bonchev–Trinajstić information content (AvgIpc) is 2.97. The molecule has 0 atom stereocenters. The Morgan fingerprint density at radius 1 is 0.926 bits per heavy atom. The Bertz CT molecular complexity index is 884. The summed E-state index contributed by atoms with van der Waals surface area (Å²) in [5, 5.41) is 0. The van der Waals surface area contributed by atoms with E-state index in [0.29, 0.717) is 11.1 Å². The van der Waals surface area contributed by atoms with Crippen molar-refractivity contribution in [2.24, 2.45) is 0 Å². The van der Waals surface area contributed by atoms with Gasteiger partial charge in [-0.1, -0.05) is 49.6 Å². The van der Waals surface area contributed by atoms with Crippen molar-refractivity contribution in [2.45, 2.75) is 44.8 Å². The number of ether oxygens (including phenoxy) is 1. The third kappa shape index (κ3) is 3.37. The number of amides is 2. The first kappa shape index (κ1) is 17.5. The Morgan fingerprint density at radius 3 is 2.37 bits per heavy atom. The largest absolute Gasteiger partial charge is 0.457 e. The fourth-order valence-corrected chi connectivity index (χ4v) is 3.86. The zero-order valence-corrected chi connectivity index (χ0v) is 15.0. The van der Waals surface area contributed by atoms with Gasteiger partial charge in [0.2, 0.25) is 0 Å². The number of imide groups is 1. The number of rotatable bonds is 4. The summed E-state index contributed by atoms with van der Waals surface area (Å²) in [6, 6.07) is 14.0. The summed E-state index contributed by atoms with van der Waals surface area (Å²) in [6.45, 7) is 0.165. The molecule has 0 radical (unpaired) electrons. The standard InChI is InChI=1S/C22H21NO4/c24-20-18-12-11-16(22(26)27-14-15-7-3-1-4-8-15)13-19(18)21(25)23(20)17-9-5-2-6-10-17/h1,3-4,7-8,11-13,17H,2,5-6,9-10,14H2. The second-order valence-electron chi connectivity index (χ2n) is 7.09. The molecule has 5 nitrogen and oxygen atoms in total. The second-order valence-corrected chi connectivity index (χ2v) is 7.09. The van der Waals surface area contributed by atoms with Crippen LogP contribution in [0.25, 0.3) is 0 Å². The van der Waals surface area contributed by atoms with Crippen molar-refractivity contribution < 1.29 is 19.1 Å². The number of hydrogen-bond acceptors (Lipinski definition) is 4. The van der Waals surface area contributed by atoms with Crippen molar-refractivity contribution >= 4 is 17.8 Å². The maximum Gasteiger partial charge on any atom is 0.338 e. The molecule has 0 unspecified atom stereocenters. The van der Waals surface area contributed by atoms with Gasteiger partial charge in [-0.15, -0.1) is 0 Å². The van der Waals surface area contributed by atoms with Crippen molar-refractivity contribution in [3.05, 3.63) is 70.8 Å². The van der Waals surface area contributed by atoms with Crippen LogP contribution in [0, 0.1) is 0 Å². The summed E-state index contributed by atoms with van der Waals surface area (Å²) in [6.07, 6.45) is 4.94. The predicted molar refractivity (Wildman–Crippen MR) is 99.4 cm³/mol. The molecule has 2 aromatic carbocycles.